The Bertz CT molecular complexity index is 358. The van der Waals surface area contributed by atoms with E-state index in [2.05, 4.69) is 12.2 Å². The molecular weight excluding hydrogens is 238 g/mol. The molecule has 1 aliphatic heterocycles. The van der Waals surface area contributed by atoms with E-state index in [4.69, 9.17) is 4.74 Å². The predicted molar refractivity (Wildman–Crippen MR) is 70.0 cm³/mol. The molecule has 0 aromatic heterocycles. The third-order valence-corrected chi connectivity index (χ3v) is 2.94. The van der Waals surface area contributed by atoms with Gasteiger partial charge < -0.3 is 4.74 Å². The second kappa shape index (κ2) is 6.03. The van der Waals surface area contributed by atoms with Crippen molar-refractivity contribution in [2.75, 3.05) is 6.54 Å². The van der Waals surface area contributed by atoms with Crippen molar-refractivity contribution in [3.8, 4) is 5.75 Å². The van der Waals surface area contributed by atoms with Crippen LogP contribution in [0.4, 0.5) is 0 Å². The number of halogens is 1. The van der Waals surface area contributed by atoms with Crippen LogP contribution in [0.25, 0.3) is 0 Å². The first-order valence-electron chi connectivity index (χ1n) is 5.71. The zero-order chi connectivity index (χ0) is 11.4. The van der Waals surface area contributed by atoms with Crippen molar-refractivity contribution < 1.29 is 9.53 Å². The van der Waals surface area contributed by atoms with Crippen molar-refractivity contribution in [2.24, 2.45) is 0 Å². The smallest absolute Gasteiger partial charge is 0.158 e. The average Bonchev–Trinajstić information content (AvgIpc) is 2.30. The molecule has 4 heteroatoms. The van der Waals surface area contributed by atoms with Crippen molar-refractivity contribution in [1.82, 2.24) is 5.32 Å². The lowest BCUT2D eigenvalue weighted by Crippen LogP contribution is -2.50. The van der Waals surface area contributed by atoms with E-state index < -0.39 is 0 Å². The second-order valence-electron chi connectivity index (χ2n) is 4.40. The Morgan fingerprint density at radius 1 is 1.29 bits per heavy atom. The minimum Gasteiger partial charge on any atom is -0.473 e. The molecule has 0 saturated carbocycles. The first-order chi connectivity index (χ1) is 7.72. The summed E-state index contributed by atoms with van der Waals surface area (Å²) in [6, 6.07) is 7.22. The van der Waals surface area contributed by atoms with Crippen LogP contribution < -0.4 is 10.1 Å². The number of benzene rings is 1. The monoisotopic (exact) mass is 255 g/mol. The van der Waals surface area contributed by atoms with Gasteiger partial charge in [-0.25, -0.2) is 0 Å². The molecule has 3 nitrogen and oxygen atoms in total. The van der Waals surface area contributed by atoms with E-state index in [0.717, 1.165) is 25.0 Å². The maximum Gasteiger partial charge on any atom is 0.158 e. The zero-order valence-electron chi connectivity index (χ0n) is 9.94. The fourth-order valence-electron chi connectivity index (χ4n) is 1.99. The van der Waals surface area contributed by atoms with Gasteiger partial charge in [-0.15, -0.1) is 12.4 Å². The molecule has 17 heavy (non-hydrogen) atoms. The van der Waals surface area contributed by atoms with Crippen LogP contribution >= 0.6 is 12.4 Å². The van der Waals surface area contributed by atoms with Gasteiger partial charge in [0.25, 0.3) is 0 Å². The lowest BCUT2D eigenvalue weighted by atomic mass is 10.0. The fraction of sp³-hybridized carbons (Fsp3) is 0.462. The van der Waals surface area contributed by atoms with Gasteiger partial charge in [-0.2, -0.15) is 0 Å². The maximum absolute atomic E-state index is 10.5. The van der Waals surface area contributed by atoms with Crippen LogP contribution in [0.15, 0.2) is 24.3 Å². The number of rotatable bonds is 3. The molecule has 0 amide bonds. The fourth-order valence-corrected chi connectivity index (χ4v) is 1.99. The summed E-state index contributed by atoms with van der Waals surface area (Å²) in [5.74, 6) is 0.808. The van der Waals surface area contributed by atoms with E-state index in [1.165, 1.54) is 12.8 Å². The number of aldehydes is 1. The van der Waals surface area contributed by atoms with Gasteiger partial charge in [-0.05, 0) is 50.6 Å². The topological polar surface area (TPSA) is 38.3 Å². The summed E-state index contributed by atoms with van der Waals surface area (Å²) < 4.78 is 5.92. The van der Waals surface area contributed by atoms with Crippen LogP contribution in [0.5, 0.6) is 5.75 Å². The molecule has 1 atom stereocenters. The summed E-state index contributed by atoms with van der Waals surface area (Å²) >= 11 is 0. The van der Waals surface area contributed by atoms with Crippen LogP contribution in [0.2, 0.25) is 0 Å². The normalized spacial score (nSPS) is 23.6. The molecule has 94 valence electrons. The summed E-state index contributed by atoms with van der Waals surface area (Å²) in [6.45, 7) is 3.07. The minimum absolute atomic E-state index is 0. The first kappa shape index (κ1) is 14.0. The van der Waals surface area contributed by atoms with Gasteiger partial charge in [0.05, 0.1) is 0 Å². The molecule has 1 aromatic rings. The van der Waals surface area contributed by atoms with E-state index in [1.807, 2.05) is 12.1 Å². The van der Waals surface area contributed by atoms with E-state index in [0.29, 0.717) is 5.56 Å². The summed E-state index contributed by atoms with van der Waals surface area (Å²) in [7, 11) is 0. The van der Waals surface area contributed by atoms with Gasteiger partial charge in [0.2, 0.25) is 0 Å². The Hall–Kier alpha value is -1.06. The van der Waals surface area contributed by atoms with Gasteiger partial charge >= 0.3 is 0 Å². The first-order valence-corrected chi connectivity index (χ1v) is 5.71. The number of carbonyl (C=O) groups is 1. The molecule has 1 saturated heterocycles. The molecule has 1 N–H and O–H groups in total. The van der Waals surface area contributed by atoms with Gasteiger partial charge in [-0.3, -0.25) is 10.1 Å². The largest absolute Gasteiger partial charge is 0.473 e. The number of nitrogens with one attached hydrogen (secondary N) is 1. The highest BCUT2D eigenvalue weighted by Gasteiger charge is 2.27. The quantitative estimate of drug-likeness (QED) is 0.844. The number of piperidine rings is 1. The van der Waals surface area contributed by atoms with Crippen molar-refractivity contribution in [1.29, 1.82) is 0 Å². The Morgan fingerprint density at radius 2 is 2.00 bits per heavy atom. The molecule has 2 rings (SSSR count). The Morgan fingerprint density at radius 3 is 2.53 bits per heavy atom. The Kier molecular flexibility index (Phi) is 4.97. The van der Waals surface area contributed by atoms with Crippen molar-refractivity contribution in [2.45, 2.75) is 31.9 Å². The van der Waals surface area contributed by atoms with Gasteiger partial charge in [0.1, 0.15) is 12.0 Å². The molecule has 0 spiro atoms. The summed E-state index contributed by atoms with van der Waals surface area (Å²) in [4.78, 5) is 10.5. The third-order valence-electron chi connectivity index (χ3n) is 2.94. The molecule has 1 fully saturated rings. The lowest BCUT2D eigenvalue weighted by molar-refractivity contribution is 0.0255. The molecule has 0 unspecified atom stereocenters. The van der Waals surface area contributed by atoms with Crippen LogP contribution in [0.3, 0.4) is 0 Å². The third kappa shape index (κ3) is 3.72. The maximum atomic E-state index is 10.5. The van der Waals surface area contributed by atoms with Crippen molar-refractivity contribution in [3.63, 3.8) is 0 Å². The van der Waals surface area contributed by atoms with E-state index in [1.54, 1.807) is 12.1 Å². The molecule has 0 bridgehead atoms. The van der Waals surface area contributed by atoms with Crippen LogP contribution in [-0.4, -0.2) is 18.6 Å². The second-order valence-corrected chi connectivity index (χ2v) is 4.40. The average molecular weight is 256 g/mol. The van der Waals surface area contributed by atoms with Crippen molar-refractivity contribution in [3.05, 3.63) is 29.8 Å². The summed E-state index contributed by atoms with van der Waals surface area (Å²) in [6.07, 6.45) is 4.26. The molecule has 0 aliphatic carbocycles. The van der Waals surface area contributed by atoms with E-state index in [9.17, 15) is 4.79 Å². The van der Waals surface area contributed by atoms with Crippen LogP contribution in [-0.2, 0) is 0 Å². The highest BCUT2D eigenvalue weighted by Crippen LogP contribution is 2.23. The highest BCUT2D eigenvalue weighted by molar-refractivity contribution is 5.85. The predicted octanol–water partition coefficient (Wildman–Crippen LogP) is 2.79. The number of ether oxygens (including phenoxy) is 1. The molecular formula is C13H18ClNO2. The summed E-state index contributed by atoms with van der Waals surface area (Å²) in [5, 5.41) is 3.38. The van der Waals surface area contributed by atoms with Gasteiger partial charge in [0.15, 0.2) is 5.72 Å². The van der Waals surface area contributed by atoms with Gasteiger partial charge in [0, 0.05) is 12.0 Å². The molecule has 1 aliphatic rings. The lowest BCUT2D eigenvalue weighted by Gasteiger charge is -2.35. The molecule has 1 heterocycles. The minimum atomic E-state index is -0.263. The SMILES string of the molecule is C[C@@]1(Oc2ccc(C=O)cc2)CCCCN1.Cl. The highest BCUT2D eigenvalue weighted by atomic mass is 35.5. The molecule has 1 aromatic carbocycles. The number of hydrogen-bond acceptors (Lipinski definition) is 3. The standard InChI is InChI=1S/C13H17NO2.ClH/c1-13(8-2-3-9-14-13)16-12-6-4-11(10-15)5-7-12;/h4-7,10,14H,2-3,8-9H2,1H3;1H/t13-;/m1./s1. The van der Waals surface area contributed by atoms with Crippen LogP contribution in [0, 0.1) is 0 Å². The summed E-state index contributed by atoms with van der Waals surface area (Å²) in [5.41, 5.74) is 0.412. The zero-order valence-corrected chi connectivity index (χ0v) is 10.8. The molecule has 0 radical (unpaired) electrons. The number of carbonyl (C=O) groups excluding carboxylic acids is 1. The van der Waals surface area contributed by atoms with Crippen molar-refractivity contribution >= 4 is 18.7 Å². The van der Waals surface area contributed by atoms with Gasteiger partial charge in [-0.1, -0.05) is 0 Å². The van der Waals surface area contributed by atoms with E-state index >= 15 is 0 Å². The Labute approximate surface area is 108 Å². The Balaban J connectivity index is 0.00000144. The van der Waals surface area contributed by atoms with Crippen LogP contribution in [0.1, 0.15) is 36.5 Å². The van der Waals surface area contributed by atoms with E-state index in [-0.39, 0.29) is 18.1 Å². The number of hydrogen-bond donors (Lipinski definition) is 1.